The van der Waals surface area contributed by atoms with Gasteiger partial charge in [0, 0.05) is 20.0 Å². The molecule has 0 aliphatic heterocycles. The van der Waals surface area contributed by atoms with Gasteiger partial charge in [0.2, 0.25) is 5.91 Å². The summed E-state index contributed by atoms with van der Waals surface area (Å²) in [6.07, 6.45) is 0.372. The second kappa shape index (κ2) is 5.59. The largest absolute Gasteiger partial charge is 0.359 e. The highest BCUT2D eigenvalue weighted by atomic mass is 35.5. The molecule has 0 atom stereocenters. The summed E-state index contributed by atoms with van der Waals surface area (Å²) in [6, 6.07) is 5.53. The third kappa shape index (κ3) is 2.44. The lowest BCUT2D eigenvalue weighted by atomic mass is 10.3. The van der Waals surface area contributed by atoms with Gasteiger partial charge in [-0.05, 0) is 12.1 Å². The minimum absolute atomic E-state index is 0.0237. The van der Waals surface area contributed by atoms with E-state index in [0.717, 1.165) is 16.9 Å². The molecule has 0 unspecified atom stereocenters. The molecule has 0 bridgehead atoms. The van der Waals surface area contributed by atoms with Gasteiger partial charge in [-0.3, -0.25) is 4.79 Å². The van der Waals surface area contributed by atoms with Gasteiger partial charge in [0.05, 0.1) is 21.9 Å². The molecule has 0 saturated heterocycles. The quantitative estimate of drug-likeness (QED) is 0.878. The second-order valence-corrected chi connectivity index (χ2v) is 4.52. The summed E-state index contributed by atoms with van der Waals surface area (Å²) in [5.41, 5.74) is 1.63. The average Bonchev–Trinajstić information content (AvgIpc) is 2.75. The van der Waals surface area contributed by atoms with E-state index in [4.69, 9.17) is 23.2 Å². The number of nitrogens with zero attached hydrogens (tertiary/aromatic N) is 2. The van der Waals surface area contributed by atoms with E-state index in [1.807, 2.05) is 16.7 Å². The Hall–Kier alpha value is -1.26. The van der Waals surface area contributed by atoms with Crippen LogP contribution in [0.15, 0.2) is 18.2 Å². The summed E-state index contributed by atoms with van der Waals surface area (Å²) in [4.78, 5) is 15.7. The monoisotopic (exact) mass is 285 g/mol. The molecule has 0 radical (unpaired) electrons. The number of benzene rings is 1. The van der Waals surface area contributed by atoms with Gasteiger partial charge >= 0.3 is 0 Å². The molecular weight excluding hydrogens is 273 g/mol. The number of aryl methyl sites for hydroxylation is 1. The zero-order valence-electron chi connectivity index (χ0n) is 9.91. The maximum atomic E-state index is 11.3. The van der Waals surface area contributed by atoms with Crippen LogP contribution in [0.3, 0.4) is 0 Å². The molecule has 1 amide bonds. The van der Waals surface area contributed by atoms with Crippen molar-refractivity contribution >= 4 is 40.1 Å². The van der Waals surface area contributed by atoms with E-state index in [1.165, 1.54) is 0 Å². The van der Waals surface area contributed by atoms with E-state index in [-0.39, 0.29) is 5.91 Å². The summed E-state index contributed by atoms with van der Waals surface area (Å²) in [7, 11) is 1.61. The van der Waals surface area contributed by atoms with E-state index < -0.39 is 0 Å². The van der Waals surface area contributed by atoms with Gasteiger partial charge < -0.3 is 9.88 Å². The number of alkyl halides is 1. The van der Waals surface area contributed by atoms with Crippen molar-refractivity contribution in [3.05, 3.63) is 29.0 Å². The van der Waals surface area contributed by atoms with Crippen molar-refractivity contribution in [1.82, 2.24) is 14.9 Å². The molecule has 2 rings (SSSR count). The Morgan fingerprint density at radius 3 is 2.94 bits per heavy atom. The number of amides is 1. The molecule has 6 heteroatoms. The third-order valence-electron chi connectivity index (χ3n) is 2.76. The summed E-state index contributed by atoms with van der Waals surface area (Å²) in [6.45, 7) is 0.516. The van der Waals surface area contributed by atoms with Gasteiger partial charge in [-0.1, -0.05) is 17.7 Å². The Balaban J connectivity index is 2.43. The first-order valence-electron chi connectivity index (χ1n) is 5.57. The first-order chi connectivity index (χ1) is 8.67. The van der Waals surface area contributed by atoms with Crippen LogP contribution < -0.4 is 5.32 Å². The van der Waals surface area contributed by atoms with Gasteiger partial charge in [0.25, 0.3) is 0 Å². The van der Waals surface area contributed by atoms with Crippen LogP contribution in [0.2, 0.25) is 5.02 Å². The standard InChI is InChI=1S/C12H13Cl2N3O/c1-15-11(18)5-6-17-10(7-13)16-9-4-2-3-8(14)12(9)17/h2-4H,5-7H2,1H3,(H,15,18). The van der Waals surface area contributed by atoms with Crippen molar-refractivity contribution in [2.24, 2.45) is 0 Å². The average molecular weight is 286 g/mol. The fraction of sp³-hybridized carbons (Fsp3) is 0.333. The molecule has 0 spiro atoms. The highest BCUT2D eigenvalue weighted by Crippen LogP contribution is 2.25. The Kier molecular flexibility index (Phi) is 4.09. The predicted octanol–water partition coefficient (Wildman–Crippen LogP) is 2.56. The normalized spacial score (nSPS) is 10.8. The van der Waals surface area contributed by atoms with Crippen LogP contribution in [0.25, 0.3) is 11.0 Å². The number of rotatable bonds is 4. The maximum absolute atomic E-state index is 11.3. The van der Waals surface area contributed by atoms with Crippen LogP contribution >= 0.6 is 23.2 Å². The van der Waals surface area contributed by atoms with E-state index in [2.05, 4.69) is 10.3 Å². The van der Waals surface area contributed by atoms with E-state index >= 15 is 0 Å². The number of carbonyl (C=O) groups is 1. The second-order valence-electron chi connectivity index (χ2n) is 3.84. The van der Waals surface area contributed by atoms with Crippen molar-refractivity contribution in [3.8, 4) is 0 Å². The zero-order chi connectivity index (χ0) is 13.1. The van der Waals surface area contributed by atoms with Gasteiger partial charge in [0.1, 0.15) is 5.82 Å². The molecule has 0 aliphatic carbocycles. The van der Waals surface area contributed by atoms with Crippen molar-refractivity contribution in [1.29, 1.82) is 0 Å². The summed E-state index contributed by atoms with van der Waals surface area (Å²) < 4.78 is 1.90. The predicted molar refractivity (Wildman–Crippen MR) is 73.0 cm³/mol. The van der Waals surface area contributed by atoms with Crippen LogP contribution in [0, 0.1) is 0 Å². The summed E-state index contributed by atoms with van der Waals surface area (Å²) in [5.74, 6) is 0.992. The molecule has 0 fully saturated rings. The van der Waals surface area contributed by atoms with E-state index in [1.54, 1.807) is 13.1 Å². The van der Waals surface area contributed by atoms with Crippen LogP contribution in [-0.2, 0) is 17.2 Å². The first kappa shape index (κ1) is 13.2. The molecule has 1 aromatic carbocycles. The number of hydrogen-bond donors (Lipinski definition) is 1. The molecular formula is C12H13Cl2N3O. The number of hydrogen-bond acceptors (Lipinski definition) is 2. The lowest BCUT2D eigenvalue weighted by molar-refractivity contribution is -0.120. The molecule has 96 valence electrons. The van der Waals surface area contributed by atoms with Crippen molar-refractivity contribution in [2.45, 2.75) is 18.8 Å². The van der Waals surface area contributed by atoms with E-state index in [9.17, 15) is 4.79 Å². The molecule has 0 saturated carbocycles. The number of para-hydroxylation sites is 1. The Labute approximate surface area is 115 Å². The smallest absolute Gasteiger partial charge is 0.221 e. The Morgan fingerprint density at radius 2 is 2.28 bits per heavy atom. The lowest BCUT2D eigenvalue weighted by Gasteiger charge is -2.07. The highest BCUT2D eigenvalue weighted by molar-refractivity contribution is 6.35. The Bertz CT molecular complexity index is 580. The highest BCUT2D eigenvalue weighted by Gasteiger charge is 2.13. The fourth-order valence-corrected chi connectivity index (χ4v) is 2.35. The third-order valence-corrected chi connectivity index (χ3v) is 3.30. The minimum atomic E-state index is -0.0237. The lowest BCUT2D eigenvalue weighted by Crippen LogP contribution is -2.20. The molecule has 0 aliphatic rings. The Morgan fingerprint density at radius 1 is 1.50 bits per heavy atom. The van der Waals surface area contributed by atoms with Crippen LogP contribution in [-0.4, -0.2) is 22.5 Å². The summed E-state index contributed by atoms with van der Waals surface area (Å²) in [5, 5.41) is 3.21. The van der Waals surface area contributed by atoms with E-state index in [0.29, 0.717) is 23.9 Å². The molecule has 1 aromatic heterocycles. The number of carbonyl (C=O) groups excluding carboxylic acids is 1. The number of nitrogens with one attached hydrogen (secondary N) is 1. The van der Waals surface area contributed by atoms with Gasteiger partial charge in [-0.15, -0.1) is 11.6 Å². The van der Waals surface area contributed by atoms with Crippen LogP contribution in [0.5, 0.6) is 0 Å². The number of fused-ring (bicyclic) bond motifs is 1. The zero-order valence-corrected chi connectivity index (χ0v) is 11.4. The number of imidazole rings is 1. The summed E-state index contributed by atoms with van der Waals surface area (Å²) >= 11 is 12.1. The molecule has 18 heavy (non-hydrogen) atoms. The maximum Gasteiger partial charge on any atom is 0.221 e. The van der Waals surface area contributed by atoms with Crippen LogP contribution in [0.1, 0.15) is 12.2 Å². The number of aromatic nitrogens is 2. The topological polar surface area (TPSA) is 46.9 Å². The fourth-order valence-electron chi connectivity index (χ4n) is 1.87. The number of halogens is 2. The molecule has 2 aromatic rings. The first-order valence-corrected chi connectivity index (χ1v) is 6.48. The van der Waals surface area contributed by atoms with Crippen molar-refractivity contribution in [3.63, 3.8) is 0 Å². The van der Waals surface area contributed by atoms with Gasteiger partial charge in [-0.25, -0.2) is 4.98 Å². The van der Waals surface area contributed by atoms with Crippen LogP contribution in [0.4, 0.5) is 0 Å². The van der Waals surface area contributed by atoms with Crippen molar-refractivity contribution < 1.29 is 4.79 Å². The van der Waals surface area contributed by atoms with Crippen molar-refractivity contribution in [2.75, 3.05) is 7.05 Å². The molecule has 1 N–H and O–H groups in total. The SMILES string of the molecule is CNC(=O)CCn1c(CCl)nc2cccc(Cl)c21. The molecule has 4 nitrogen and oxygen atoms in total. The molecule has 1 heterocycles. The van der Waals surface area contributed by atoms with Gasteiger partial charge in [0.15, 0.2) is 0 Å². The minimum Gasteiger partial charge on any atom is -0.359 e. The van der Waals surface area contributed by atoms with Gasteiger partial charge in [-0.2, -0.15) is 0 Å².